The molecule has 7 heteroatoms. The van der Waals surface area contributed by atoms with Crippen molar-refractivity contribution >= 4 is 17.3 Å². The molecule has 3 aromatic rings. The molecule has 0 saturated carbocycles. The number of esters is 1. The van der Waals surface area contributed by atoms with Crippen LogP contribution in [-0.2, 0) is 0 Å². The number of rotatable bonds is 3. The first kappa shape index (κ1) is 17.8. The van der Waals surface area contributed by atoms with Gasteiger partial charge in [0, 0.05) is 11.6 Å². The second-order valence-corrected chi connectivity index (χ2v) is 6.99. The summed E-state index contributed by atoms with van der Waals surface area (Å²) in [6.45, 7) is 0. The van der Waals surface area contributed by atoms with Crippen LogP contribution in [0.1, 0.15) is 26.7 Å². The van der Waals surface area contributed by atoms with Gasteiger partial charge in [-0.3, -0.25) is 0 Å². The van der Waals surface area contributed by atoms with Crippen LogP contribution in [0.4, 0.5) is 4.39 Å². The highest BCUT2D eigenvalue weighted by atomic mass is 32.1. The molecule has 1 aliphatic rings. The zero-order chi connectivity index (χ0) is 19.7. The van der Waals surface area contributed by atoms with Crippen molar-refractivity contribution in [2.75, 3.05) is 0 Å². The lowest BCUT2D eigenvalue weighted by Gasteiger charge is -2.26. The molecule has 5 nitrogen and oxygen atoms in total. The fourth-order valence-electron chi connectivity index (χ4n) is 3.05. The number of allylic oxidation sites excluding steroid dienone is 1. The molecule has 1 unspecified atom stereocenters. The summed E-state index contributed by atoms with van der Waals surface area (Å²) in [4.78, 5) is 12.6. The Morgan fingerprint density at radius 3 is 2.68 bits per heavy atom. The Morgan fingerprint density at radius 2 is 2.00 bits per heavy atom. The van der Waals surface area contributed by atoms with Gasteiger partial charge in [-0.15, -0.1) is 11.3 Å². The molecule has 28 heavy (non-hydrogen) atoms. The molecule has 0 aliphatic carbocycles. The van der Waals surface area contributed by atoms with Gasteiger partial charge < -0.3 is 15.2 Å². The lowest BCUT2D eigenvalue weighted by atomic mass is 9.83. The first-order valence-electron chi connectivity index (χ1n) is 8.29. The summed E-state index contributed by atoms with van der Waals surface area (Å²) in [5.41, 5.74) is 7.56. The van der Waals surface area contributed by atoms with E-state index in [2.05, 4.69) is 6.07 Å². The van der Waals surface area contributed by atoms with E-state index in [4.69, 9.17) is 15.2 Å². The molecule has 1 atom stereocenters. The first-order valence-corrected chi connectivity index (χ1v) is 9.17. The van der Waals surface area contributed by atoms with Crippen molar-refractivity contribution in [2.45, 2.75) is 5.92 Å². The Kier molecular flexibility index (Phi) is 4.55. The molecule has 2 heterocycles. The molecule has 1 aliphatic heterocycles. The van der Waals surface area contributed by atoms with Crippen molar-refractivity contribution in [3.05, 3.63) is 93.3 Å². The van der Waals surface area contributed by atoms with Crippen LogP contribution in [0.3, 0.4) is 0 Å². The summed E-state index contributed by atoms with van der Waals surface area (Å²) in [5.74, 6) is -0.711. The van der Waals surface area contributed by atoms with E-state index in [1.165, 1.54) is 23.5 Å². The van der Waals surface area contributed by atoms with Crippen LogP contribution in [0, 0.1) is 17.1 Å². The molecular formula is C21H13FN2O3S. The fourth-order valence-corrected chi connectivity index (χ4v) is 3.65. The number of nitrogens with two attached hydrogens (primary N) is 1. The van der Waals surface area contributed by atoms with Gasteiger partial charge in [0.25, 0.3) is 0 Å². The maximum atomic E-state index is 13.3. The van der Waals surface area contributed by atoms with Crippen LogP contribution in [-0.4, -0.2) is 5.97 Å². The number of nitrogens with zero attached hydrogens (tertiary/aromatic N) is 1. The Hall–Kier alpha value is -3.63. The number of carbonyl (C=O) groups excluding carboxylic acids is 1. The smallest absolute Gasteiger partial charge is 0.353 e. The number of hydrogen-bond donors (Lipinski definition) is 1. The van der Waals surface area contributed by atoms with Crippen molar-refractivity contribution in [1.82, 2.24) is 0 Å². The first-order chi connectivity index (χ1) is 13.6. The lowest BCUT2D eigenvalue weighted by Crippen LogP contribution is -2.21. The summed E-state index contributed by atoms with van der Waals surface area (Å²) < 4.78 is 24.3. The van der Waals surface area contributed by atoms with Crippen molar-refractivity contribution in [3.63, 3.8) is 0 Å². The minimum atomic E-state index is -0.503. The van der Waals surface area contributed by atoms with Crippen molar-refractivity contribution in [1.29, 1.82) is 5.26 Å². The number of nitriles is 1. The predicted molar refractivity (Wildman–Crippen MR) is 101 cm³/mol. The van der Waals surface area contributed by atoms with Gasteiger partial charge in [0.05, 0.1) is 5.92 Å². The second kappa shape index (κ2) is 7.18. The van der Waals surface area contributed by atoms with E-state index in [0.717, 1.165) is 0 Å². The van der Waals surface area contributed by atoms with Crippen LogP contribution < -0.4 is 15.2 Å². The van der Waals surface area contributed by atoms with Gasteiger partial charge >= 0.3 is 5.97 Å². The molecule has 0 radical (unpaired) electrons. The monoisotopic (exact) mass is 392 g/mol. The van der Waals surface area contributed by atoms with Crippen LogP contribution in [0.25, 0.3) is 0 Å². The number of ether oxygens (including phenoxy) is 2. The van der Waals surface area contributed by atoms with Gasteiger partial charge in [0.2, 0.25) is 5.88 Å². The molecule has 2 aromatic carbocycles. The number of fused-ring (bicyclic) bond motifs is 1. The van der Waals surface area contributed by atoms with Gasteiger partial charge in [-0.25, -0.2) is 9.18 Å². The van der Waals surface area contributed by atoms with Crippen LogP contribution in [0.2, 0.25) is 0 Å². The quantitative estimate of drug-likeness (QED) is 0.530. The van der Waals surface area contributed by atoms with E-state index >= 15 is 0 Å². The fraction of sp³-hybridized carbons (Fsp3) is 0.0476. The molecule has 0 amide bonds. The van der Waals surface area contributed by atoms with Crippen LogP contribution >= 0.6 is 11.3 Å². The highest BCUT2D eigenvalue weighted by molar-refractivity contribution is 7.12. The molecule has 1 aromatic heterocycles. The normalized spacial score (nSPS) is 15.4. The van der Waals surface area contributed by atoms with Crippen LogP contribution in [0.5, 0.6) is 11.5 Å². The maximum Gasteiger partial charge on any atom is 0.353 e. The Morgan fingerprint density at radius 1 is 1.21 bits per heavy atom. The number of benzene rings is 2. The molecule has 4 rings (SSSR count). The van der Waals surface area contributed by atoms with Crippen molar-refractivity contribution in [2.24, 2.45) is 5.73 Å². The van der Waals surface area contributed by atoms with Gasteiger partial charge in [-0.1, -0.05) is 24.3 Å². The molecular weight excluding hydrogens is 379 g/mol. The van der Waals surface area contributed by atoms with Gasteiger partial charge in [-0.05, 0) is 35.2 Å². The van der Waals surface area contributed by atoms with Gasteiger partial charge in [0.15, 0.2) is 0 Å². The molecule has 138 valence electrons. The molecule has 2 N–H and O–H groups in total. The van der Waals surface area contributed by atoms with Gasteiger partial charge in [0.1, 0.15) is 33.8 Å². The standard InChI is InChI=1S/C21H13FN2O3S/c22-13-5-3-12(4-6-13)19-15-8-7-14(26-21(25)18-2-1-9-28-18)10-17(15)27-20(24)16(19)11-23/h1-10,19H,24H2. The summed E-state index contributed by atoms with van der Waals surface area (Å²) in [6.07, 6.45) is 0. The van der Waals surface area contributed by atoms with Gasteiger partial charge in [-0.2, -0.15) is 5.26 Å². The van der Waals surface area contributed by atoms with Crippen molar-refractivity contribution < 1.29 is 18.7 Å². The summed E-state index contributed by atoms with van der Waals surface area (Å²) in [5, 5.41) is 11.3. The van der Waals surface area contributed by atoms with E-state index in [-0.39, 0.29) is 17.3 Å². The molecule has 0 bridgehead atoms. The van der Waals surface area contributed by atoms with E-state index < -0.39 is 11.9 Å². The average Bonchev–Trinajstić information content (AvgIpc) is 3.22. The Labute approximate surface area is 164 Å². The third-order valence-corrected chi connectivity index (χ3v) is 5.18. The van der Waals surface area contributed by atoms with E-state index in [1.807, 2.05) is 0 Å². The highest BCUT2D eigenvalue weighted by Gasteiger charge is 2.31. The lowest BCUT2D eigenvalue weighted by molar-refractivity contribution is 0.0739. The number of hydrogen-bond acceptors (Lipinski definition) is 6. The third-order valence-electron chi connectivity index (χ3n) is 4.33. The third kappa shape index (κ3) is 3.21. The number of carbonyl (C=O) groups is 1. The van der Waals surface area contributed by atoms with E-state index in [0.29, 0.717) is 27.5 Å². The van der Waals surface area contributed by atoms with E-state index in [9.17, 15) is 14.4 Å². The zero-order valence-corrected chi connectivity index (χ0v) is 15.2. The summed E-state index contributed by atoms with van der Waals surface area (Å²) >= 11 is 1.28. The highest BCUT2D eigenvalue weighted by Crippen LogP contribution is 2.43. The maximum absolute atomic E-state index is 13.3. The summed E-state index contributed by atoms with van der Waals surface area (Å²) in [6, 6.07) is 16.3. The summed E-state index contributed by atoms with van der Waals surface area (Å²) in [7, 11) is 0. The minimum Gasteiger partial charge on any atom is -0.440 e. The topological polar surface area (TPSA) is 85.3 Å². The number of halogens is 1. The zero-order valence-electron chi connectivity index (χ0n) is 14.4. The molecule has 0 fully saturated rings. The average molecular weight is 392 g/mol. The second-order valence-electron chi connectivity index (χ2n) is 6.04. The van der Waals surface area contributed by atoms with Crippen molar-refractivity contribution in [3.8, 4) is 17.6 Å². The SMILES string of the molecule is N#CC1=C(N)Oc2cc(OC(=O)c3cccs3)ccc2C1c1ccc(F)cc1. The van der Waals surface area contributed by atoms with Crippen LogP contribution in [0.15, 0.2) is 71.4 Å². The Balaban J connectivity index is 1.72. The largest absolute Gasteiger partial charge is 0.440 e. The van der Waals surface area contributed by atoms with E-state index in [1.54, 1.807) is 47.8 Å². The Bertz CT molecular complexity index is 1120. The minimum absolute atomic E-state index is 0.0361. The molecule has 0 saturated heterocycles. The number of thiophene rings is 1. The predicted octanol–water partition coefficient (Wildman–Crippen LogP) is 4.32. The molecule has 0 spiro atoms.